The lowest BCUT2D eigenvalue weighted by Crippen LogP contribution is -2.47. The Hall–Kier alpha value is -4.25. The van der Waals surface area contributed by atoms with Crippen molar-refractivity contribution in [3.63, 3.8) is 0 Å². The third-order valence-corrected chi connectivity index (χ3v) is 6.12. The predicted molar refractivity (Wildman–Crippen MR) is 117 cm³/mol. The summed E-state index contributed by atoms with van der Waals surface area (Å²) in [6.45, 7) is -0.104. The van der Waals surface area contributed by atoms with Gasteiger partial charge in [-0.3, -0.25) is 14.4 Å². The first-order chi connectivity index (χ1) is 16.7. The van der Waals surface area contributed by atoms with Gasteiger partial charge in [0.05, 0.1) is 19.2 Å². The third kappa shape index (κ3) is 3.89. The van der Waals surface area contributed by atoms with Crippen LogP contribution in [0.25, 0.3) is 0 Å². The smallest absolute Gasteiger partial charge is 0.277 e. The number of nitrogens with zero attached hydrogens (tertiary/aromatic N) is 2. The van der Waals surface area contributed by atoms with E-state index in [2.05, 4.69) is 5.32 Å². The van der Waals surface area contributed by atoms with Crippen molar-refractivity contribution in [1.29, 1.82) is 0 Å². The summed E-state index contributed by atoms with van der Waals surface area (Å²) in [6, 6.07) is 8.64. The number of fused-ring (bicyclic) bond motifs is 2. The highest BCUT2D eigenvalue weighted by atomic mass is 19.1. The van der Waals surface area contributed by atoms with E-state index in [9.17, 15) is 33.4 Å². The summed E-state index contributed by atoms with van der Waals surface area (Å²) in [4.78, 5) is 40.1. The number of phenolic OH excluding ortho intramolecular Hbond substituents is 1. The zero-order valence-corrected chi connectivity index (χ0v) is 18.1. The van der Waals surface area contributed by atoms with Crippen molar-refractivity contribution in [1.82, 2.24) is 14.8 Å². The number of hydrogen-bond acceptors (Lipinski definition) is 6. The Balaban J connectivity index is 1.42. The van der Waals surface area contributed by atoms with Crippen LogP contribution in [0.15, 0.2) is 53.5 Å². The monoisotopic (exact) mass is 483 g/mol. The molecule has 0 aliphatic carbocycles. The molecule has 0 bridgehead atoms. The predicted octanol–water partition coefficient (Wildman–Crippen LogP) is 2.02. The van der Waals surface area contributed by atoms with Gasteiger partial charge in [-0.1, -0.05) is 18.2 Å². The van der Waals surface area contributed by atoms with Crippen LogP contribution < -0.4 is 10.7 Å². The number of aromatic nitrogens is 1. The SMILES string of the molecule is O=C(NCc1ccc(F)cc1F)c1cn2c(c(O)c1=O)C(=O)N1C(c3ccc(O)cc3)CO[C@@H]1C2. The average molecular weight is 483 g/mol. The van der Waals surface area contributed by atoms with Gasteiger partial charge >= 0.3 is 0 Å². The zero-order chi connectivity index (χ0) is 24.9. The molecule has 0 spiro atoms. The van der Waals surface area contributed by atoms with E-state index in [0.717, 1.165) is 18.3 Å². The van der Waals surface area contributed by atoms with E-state index >= 15 is 0 Å². The zero-order valence-electron chi connectivity index (χ0n) is 18.1. The second kappa shape index (κ2) is 8.51. The van der Waals surface area contributed by atoms with Gasteiger partial charge in [0.1, 0.15) is 22.9 Å². The van der Waals surface area contributed by atoms with E-state index in [4.69, 9.17) is 4.74 Å². The van der Waals surface area contributed by atoms with Gasteiger partial charge in [0.25, 0.3) is 11.8 Å². The Bertz CT molecular complexity index is 1410. The molecule has 1 unspecified atom stereocenters. The number of halogens is 2. The van der Waals surface area contributed by atoms with Gasteiger partial charge < -0.3 is 29.7 Å². The fraction of sp³-hybridized carbons (Fsp3) is 0.208. The molecule has 2 aliphatic rings. The minimum absolute atomic E-state index is 0.00693. The van der Waals surface area contributed by atoms with Crippen LogP contribution in [-0.2, 0) is 17.8 Å². The van der Waals surface area contributed by atoms with Crippen LogP contribution in [0, 0.1) is 11.6 Å². The number of phenols is 1. The van der Waals surface area contributed by atoms with Gasteiger partial charge in [-0.25, -0.2) is 8.78 Å². The van der Waals surface area contributed by atoms with E-state index < -0.39 is 52.5 Å². The molecule has 0 saturated carbocycles. The van der Waals surface area contributed by atoms with Gasteiger partial charge in [-0.05, 0) is 23.8 Å². The van der Waals surface area contributed by atoms with Crippen molar-refractivity contribution in [2.24, 2.45) is 0 Å². The molecule has 9 nitrogen and oxygen atoms in total. The fourth-order valence-corrected chi connectivity index (χ4v) is 4.34. The average Bonchev–Trinajstić information content (AvgIpc) is 3.25. The molecule has 3 N–H and O–H groups in total. The summed E-state index contributed by atoms with van der Waals surface area (Å²) in [5.41, 5.74) is -1.06. The lowest BCUT2D eigenvalue weighted by atomic mass is 10.0. The first kappa shape index (κ1) is 22.5. The number of hydrogen-bond donors (Lipinski definition) is 3. The summed E-state index contributed by atoms with van der Waals surface area (Å²) >= 11 is 0. The summed E-state index contributed by atoms with van der Waals surface area (Å²) in [6.07, 6.45) is 0.445. The highest BCUT2D eigenvalue weighted by Crippen LogP contribution is 2.37. The molecule has 11 heteroatoms. The van der Waals surface area contributed by atoms with Gasteiger partial charge in [0, 0.05) is 24.4 Å². The molecular weight excluding hydrogens is 464 g/mol. The second-order valence-corrected chi connectivity index (χ2v) is 8.25. The highest BCUT2D eigenvalue weighted by molar-refractivity contribution is 5.99. The number of rotatable bonds is 4. The first-order valence-corrected chi connectivity index (χ1v) is 10.7. The molecule has 180 valence electrons. The quantitative estimate of drug-likeness (QED) is 0.522. The Morgan fingerprint density at radius 3 is 2.57 bits per heavy atom. The van der Waals surface area contributed by atoms with Crippen LogP contribution in [0.5, 0.6) is 11.5 Å². The Labute approximate surface area is 196 Å². The minimum Gasteiger partial charge on any atom is -0.508 e. The number of benzene rings is 2. The number of aromatic hydroxyl groups is 2. The summed E-state index contributed by atoms with van der Waals surface area (Å²) in [5.74, 6) is -3.99. The number of carbonyl (C=O) groups excluding carboxylic acids is 2. The van der Waals surface area contributed by atoms with E-state index in [1.807, 2.05) is 0 Å². The van der Waals surface area contributed by atoms with Crippen molar-refractivity contribution in [2.75, 3.05) is 6.61 Å². The van der Waals surface area contributed by atoms with Gasteiger partial charge in [-0.15, -0.1) is 0 Å². The van der Waals surface area contributed by atoms with Crippen molar-refractivity contribution in [3.05, 3.63) is 92.9 Å². The van der Waals surface area contributed by atoms with Crippen LogP contribution in [0.4, 0.5) is 8.78 Å². The maximum Gasteiger partial charge on any atom is 0.277 e. The van der Waals surface area contributed by atoms with Gasteiger partial charge in [-0.2, -0.15) is 0 Å². The van der Waals surface area contributed by atoms with Crippen LogP contribution in [-0.4, -0.2) is 44.3 Å². The number of carbonyl (C=O) groups is 2. The van der Waals surface area contributed by atoms with Gasteiger partial charge in [0.15, 0.2) is 17.7 Å². The van der Waals surface area contributed by atoms with Crippen molar-refractivity contribution >= 4 is 11.8 Å². The van der Waals surface area contributed by atoms with Crippen molar-refractivity contribution in [3.8, 4) is 11.5 Å². The first-order valence-electron chi connectivity index (χ1n) is 10.7. The van der Waals surface area contributed by atoms with Crippen LogP contribution in [0.1, 0.15) is 38.0 Å². The van der Waals surface area contributed by atoms with E-state index in [0.29, 0.717) is 11.6 Å². The van der Waals surface area contributed by atoms with Crippen LogP contribution in [0.3, 0.4) is 0 Å². The molecule has 1 aromatic heterocycles. The topological polar surface area (TPSA) is 121 Å². The second-order valence-electron chi connectivity index (χ2n) is 8.25. The molecular formula is C24H19F2N3O6. The molecule has 2 atom stereocenters. The maximum atomic E-state index is 13.8. The molecule has 3 aromatic rings. The Kier molecular flexibility index (Phi) is 5.48. The number of amides is 2. The van der Waals surface area contributed by atoms with E-state index in [1.165, 1.54) is 21.6 Å². The van der Waals surface area contributed by atoms with E-state index in [1.54, 1.807) is 12.1 Å². The molecule has 2 aromatic carbocycles. The van der Waals surface area contributed by atoms with Gasteiger partial charge in [0.2, 0.25) is 5.43 Å². The standard InChI is InChI=1S/C24H19F2N3O6/c25-14-4-1-13(17(26)7-14)8-27-23(33)16-9-28-10-19-29(24(34)20(28)22(32)21(16)31)18(11-35-19)12-2-5-15(30)6-3-12/h1-7,9,18-19,30,32H,8,10-11H2,(H,27,33)/t18?,19-/m1/s1. The molecule has 2 amide bonds. The van der Waals surface area contributed by atoms with Crippen molar-refractivity contribution < 1.29 is 33.3 Å². The lowest BCUT2D eigenvalue weighted by Gasteiger charge is -2.34. The highest BCUT2D eigenvalue weighted by Gasteiger charge is 2.45. The summed E-state index contributed by atoms with van der Waals surface area (Å²) in [7, 11) is 0. The minimum atomic E-state index is -1.05. The van der Waals surface area contributed by atoms with Crippen LogP contribution >= 0.6 is 0 Å². The molecule has 0 radical (unpaired) electrons. The molecule has 35 heavy (non-hydrogen) atoms. The summed E-state index contributed by atoms with van der Waals surface area (Å²) in [5, 5.41) is 22.5. The fourth-order valence-electron chi connectivity index (χ4n) is 4.34. The third-order valence-electron chi connectivity index (χ3n) is 6.12. The van der Waals surface area contributed by atoms with Crippen molar-refractivity contribution in [2.45, 2.75) is 25.4 Å². The normalized spacial score (nSPS) is 18.8. The summed E-state index contributed by atoms with van der Waals surface area (Å²) < 4.78 is 34.0. The Morgan fingerprint density at radius 2 is 1.86 bits per heavy atom. The lowest BCUT2D eigenvalue weighted by molar-refractivity contribution is 0.00564. The number of nitrogens with one attached hydrogen (secondary N) is 1. The molecule has 3 heterocycles. The molecule has 1 fully saturated rings. The Morgan fingerprint density at radius 1 is 1.11 bits per heavy atom. The molecule has 1 saturated heterocycles. The maximum absolute atomic E-state index is 13.8. The number of pyridine rings is 1. The molecule has 2 aliphatic heterocycles. The van der Waals surface area contributed by atoms with E-state index in [-0.39, 0.29) is 36.7 Å². The van der Waals surface area contributed by atoms with Crippen LogP contribution in [0.2, 0.25) is 0 Å². The number of ether oxygens (including phenoxy) is 1. The molecule has 5 rings (SSSR count). The largest absolute Gasteiger partial charge is 0.508 e.